The van der Waals surface area contributed by atoms with Crippen LogP contribution in [0, 0.1) is 0 Å². The van der Waals surface area contributed by atoms with E-state index in [1.54, 1.807) is 41.3 Å². The molecule has 5 nitrogen and oxygen atoms in total. The van der Waals surface area contributed by atoms with Gasteiger partial charge in [-0.1, -0.05) is 36.1 Å². The maximum absolute atomic E-state index is 12.3. The van der Waals surface area contributed by atoms with Gasteiger partial charge in [0.25, 0.3) is 5.91 Å². The van der Waals surface area contributed by atoms with E-state index in [2.05, 4.69) is 0 Å². The van der Waals surface area contributed by atoms with Crippen LogP contribution in [0.4, 0.5) is 0 Å². The molecule has 0 aliphatic carbocycles. The maximum atomic E-state index is 12.3. The minimum Gasteiger partial charge on any atom is -0.493 e. The van der Waals surface area contributed by atoms with Crippen LogP contribution < -0.4 is 9.47 Å². The standard InChI is InChI=1S/C18H15NO4S3/c1-3-19-16(20)15(26-18(19)24)10-11-6-7-12(13(9-11)22-2)23-17(21)14-5-4-8-25-14/h4-10H,3H2,1-2H3/b15-10+. The molecule has 0 atom stereocenters. The fourth-order valence-corrected chi connectivity index (χ4v) is 4.31. The van der Waals surface area contributed by atoms with Gasteiger partial charge < -0.3 is 9.47 Å². The SMILES string of the molecule is CCN1C(=O)/C(=C\c2ccc(OC(=O)c3cccs3)c(OC)c2)SC1=S. The second-order valence-electron chi connectivity index (χ2n) is 5.20. The lowest BCUT2D eigenvalue weighted by atomic mass is 10.2. The number of thiophene rings is 1. The Hall–Kier alpha value is -2.16. The number of carbonyl (C=O) groups excluding carboxylic acids is 2. The first-order chi connectivity index (χ1) is 12.5. The number of hydrogen-bond acceptors (Lipinski definition) is 7. The van der Waals surface area contributed by atoms with Crippen molar-refractivity contribution in [2.75, 3.05) is 13.7 Å². The zero-order valence-corrected chi connectivity index (χ0v) is 16.5. The Kier molecular flexibility index (Phi) is 5.75. The molecule has 1 aromatic carbocycles. The van der Waals surface area contributed by atoms with Crippen LogP contribution in [0.3, 0.4) is 0 Å². The summed E-state index contributed by atoms with van der Waals surface area (Å²) in [6, 6.07) is 8.61. The van der Waals surface area contributed by atoms with Crippen LogP contribution in [0.15, 0.2) is 40.6 Å². The number of nitrogens with zero attached hydrogens (tertiary/aromatic N) is 1. The molecule has 0 spiro atoms. The summed E-state index contributed by atoms with van der Waals surface area (Å²) in [6.07, 6.45) is 1.75. The summed E-state index contributed by atoms with van der Waals surface area (Å²) < 4.78 is 11.3. The van der Waals surface area contributed by atoms with E-state index < -0.39 is 5.97 Å². The van der Waals surface area contributed by atoms with Crippen molar-refractivity contribution in [2.24, 2.45) is 0 Å². The monoisotopic (exact) mass is 405 g/mol. The average molecular weight is 406 g/mol. The number of ether oxygens (including phenoxy) is 2. The predicted octanol–water partition coefficient (Wildman–Crippen LogP) is 4.20. The molecule has 1 saturated heterocycles. The smallest absolute Gasteiger partial charge is 0.353 e. The summed E-state index contributed by atoms with van der Waals surface area (Å²) in [6.45, 7) is 2.43. The van der Waals surface area contributed by atoms with E-state index in [-0.39, 0.29) is 5.91 Å². The van der Waals surface area contributed by atoms with E-state index >= 15 is 0 Å². The molecule has 1 aliphatic heterocycles. The van der Waals surface area contributed by atoms with Crippen molar-refractivity contribution in [1.82, 2.24) is 4.90 Å². The van der Waals surface area contributed by atoms with E-state index in [0.29, 0.717) is 32.1 Å². The first-order valence-electron chi connectivity index (χ1n) is 7.72. The lowest BCUT2D eigenvalue weighted by Crippen LogP contribution is -2.27. The van der Waals surface area contributed by atoms with Gasteiger partial charge in [0.1, 0.15) is 9.20 Å². The van der Waals surface area contributed by atoms with E-state index in [9.17, 15) is 9.59 Å². The van der Waals surface area contributed by atoms with Gasteiger partial charge in [-0.15, -0.1) is 11.3 Å². The molecule has 8 heteroatoms. The van der Waals surface area contributed by atoms with Gasteiger partial charge >= 0.3 is 5.97 Å². The third kappa shape index (κ3) is 3.82. The molecule has 0 N–H and O–H groups in total. The summed E-state index contributed by atoms with van der Waals surface area (Å²) >= 11 is 7.79. The number of hydrogen-bond donors (Lipinski definition) is 0. The van der Waals surface area contributed by atoms with Crippen molar-refractivity contribution >= 4 is 57.6 Å². The van der Waals surface area contributed by atoms with Crippen molar-refractivity contribution in [3.63, 3.8) is 0 Å². The first-order valence-corrected chi connectivity index (χ1v) is 9.83. The number of likely N-dealkylation sites (N-methyl/N-ethyl adjacent to an activating group) is 1. The van der Waals surface area contributed by atoms with Crippen molar-refractivity contribution in [1.29, 1.82) is 0 Å². The first kappa shape index (κ1) is 18.6. The number of thiocarbonyl (C=S) groups is 1. The van der Waals surface area contributed by atoms with Gasteiger partial charge in [-0.2, -0.15) is 0 Å². The fourth-order valence-electron chi connectivity index (χ4n) is 2.33. The topological polar surface area (TPSA) is 55.8 Å². The van der Waals surface area contributed by atoms with E-state index in [4.69, 9.17) is 21.7 Å². The fraction of sp³-hybridized carbons (Fsp3) is 0.167. The van der Waals surface area contributed by atoms with Crippen LogP contribution in [0.1, 0.15) is 22.2 Å². The highest BCUT2D eigenvalue weighted by Crippen LogP contribution is 2.34. The van der Waals surface area contributed by atoms with E-state index in [0.717, 1.165) is 5.56 Å². The number of esters is 1. The molecule has 0 radical (unpaired) electrons. The number of benzene rings is 1. The van der Waals surface area contributed by atoms with E-state index in [1.807, 2.05) is 12.3 Å². The molecular formula is C18H15NO4S3. The van der Waals surface area contributed by atoms with E-state index in [1.165, 1.54) is 30.2 Å². The van der Waals surface area contributed by atoms with Gasteiger partial charge in [0.15, 0.2) is 11.5 Å². The number of amides is 1. The number of methoxy groups -OCH3 is 1. The maximum Gasteiger partial charge on any atom is 0.353 e. The Bertz CT molecular complexity index is 890. The summed E-state index contributed by atoms with van der Waals surface area (Å²) in [7, 11) is 1.50. The van der Waals surface area contributed by atoms with Gasteiger partial charge in [-0.25, -0.2) is 4.79 Å². The summed E-state index contributed by atoms with van der Waals surface area (Å²) in [4.78, 5) is 27.0. The molecule has 0 bridgehead atoms. The van der Waals surface area contributed by atoms with Gasteiger partial charge in [0.2, 0.25) is 0 Å². The largest absolute Gasteiger partial charge is 0.493 e. The van der Waals surface area contributed by atoms with Gasteiger partial charge in [-0.05, 0) is 42.1 Å². The minimum atomic E-state index is -0.435. The molecule has 1 aromatic heterocycles. The highest BCUT2D eigenvalue weighted by Gasteiger charge is 2.30. The Balaban J connectivity index is 1.83. The summed E-state index contributed by atoms with van der Waals surface area (Å²) in [5.41, 5.74) is 0.759. The zero-order valence-electron chi connectivity index (χ0n) is 14.1. The third-order valence-electron chi connectivity index (χ3n) is 3.60. The Morgan fingerprint density at radius 1 is 1.31 bits per heavy atom. The molecule has 1 fully saturated rings. The Morgan fingerprint density at radius 2 is 2.12 bits per heavy atom. The number of thioether (sulfide) groups is 1. The normalized spacial score (nSPS) is 15.6. The quantitative estimate of drug-likeness (QED) is 0.322. The van der Waals surface area contributed by atoms with Crippen molar-refractivity contribution in [3.05, 3.63) is 51.1 Å². The van der Waals surface area contributed by atoms with Crippen LogP contribution >= 0.6 is 35.3 Å². The molecule has 0 unspecified atom stereocenters. The number of rotatable bonds is 5. The molecule has 2 heterocycles. The lowest BCUT2D eigenvalue weighted by molar-refractivity contribution is -0.121. The van der Waals surface area contributed by atoms with Crippen LogP contribution in [0.2, 0.25) is 0 Å². The summed E-state index contributed by atoms with van der Waals surface area (Å²) in [5.74, 6) is 0.198. The predicted molar refractivity (Wildman–Crippen MR) is 108 cm³/mol. The number of carbonyl (C=O) groups is 2. The second kappa shape index (κ2) is 8.03. The van der Waals surface area contributed by atoms with Crippen molar-refractivity contribution in [3.8, 4) is 11.5 Å². The highest BCUT2D eigenvalue weighted by atomic mass is 32.2. The zero-order chi connectivity index (χ0) is 18.7. The lowest BCUT2D eigenvalue weighted by Gasteiger charge is -2.10. The Labute approximate surface area is 164 Å². The van der Waals surface area contributed by atoms with Gasteiger partial charge in [0, 0.05) is 6.54 Å². The average Bonchev–Trinajstić information content (AvgIpc) is 3.25. The molecular weight excluding hydrogens is 390 g/mol. The van der Waals surface area contributed by atoms with Crippen molar-refractivity contribution in [2.45, 2.75) is 6.92 Å². The van der Waals surface area contributed by atoms with Crippen LogP contribution in [0.25, 0.3) is 6.08 Å². The summed E-state index contributed by atoms with van der Waals surface area (Å²) in [5, 5.41) is 1.81. The third-order valence-corrected chi connectivity index (χ3v) is 5.83. The molecule has 134 valence electrons. The van der Waals surface area contributed by atoms with Gasteiger partial charge in [-0.3, -0.25) is 9.69 Å². The highest BCUT2D eigenvalue weighted by molar-refractivity contribution is 8.26. The van der Waals surface area contributed by atoms with Crippen LogP contribution in [0.5, 0.6) is 11.5 Å². The molecule has 26 heavy (non-hydrogen) atoms. The van der Waals surface area contributed by atoms with Crippen LogP contribution in [-0.4, -0.2) is 34.8 Å². The molecule has 1 amide bonds. The van der Waals surface area contributed by atoms with Crippen molar-refractivity contribution < 1.29 is 19.1 Å². The van der Waals surface area contributed by atoms with Gasteiger partial charge in [0.05, 0.1) is 12.0 Å². The molecule has 3 rings (SSSR count). The molecule has 0 saturated carbocycles. The minimum absolute atomic E-state index is 0.102. The second-order valence-corrected chi connectivity index (χ2v) is 7.83. The van der Waals surface area contributed by atoms with Crippen LogP contribution in [-0.2, 0) is 4.79 Å². The molecule has 1 aliphatic rings. The Morgan fingerprint density at radius 3 is 2.73 bits per heavy atom. The molecule has 2 aromatic rings.